The monoisotopic (exact) mass is 222 g/mol. The molecule has 1 unspecified atom stereocenters. The average molecular weight is 222 g/mol. The summed E-state index contributed by atoms with van der Waals surface area (Å²) >= 11 is 0. The minimum atomic E-state index is -0.358. The second-order valence-electron chi connectivity index (χ2n) is 3.59. The number of ether oxygens (including phenoxy) is 1. The zero-order valence-corrected chi connectivity index (χ0v) is 9.44. The van der Waals surface area contributed by atoms with Crippen LogP contribution in [0.3, 0.4) is 0 Å². The van der Waals surface area contributed by atoms with Gasteiger partial charge in [-0.25, -0.2) is 0 Å². The maximum Gasteiger partial charge on any atom is 0.155 e. The lowest BCUT2D eigenvalue weighted by Crippen LogP contribution is -2.32. The number of nitrogens with one attached hydrogen (secondary N) is 1. The molecule has 1 aromatic rings. The van der Waals surface area contributed by atoms with Crippen LogP contribution < -0.4 is 10.5 Å². The highest BCUT2D eigenvalue weighted by atomic mass is 16.5. The molecule has 1 aromatic carbocycles. The standard InChI is InChI=1S/C12H18N2O2/c1-2-11(12(13)14)16-10-5-3-9(4-6-10)7-8-15/h3-6,11,15H,2,7-8H2,1H3,(H3,13,14). The first-order valence-electron chi connectivity index (χ1n) is 5.37. The largest absolute Gasteiger partial charge is 0.483 e. The van der Waals surface area contributed by atoms with Crippen LogP contribution in [0.2, 0.25) is 0 Å². The molecule has 0 aromatic heterocycles. The molecule has 0 bridgehead atoms. The maximum atomic E-state index is 8.77. The van der Waals surface area contributed by atoms with E-state index in [9.17, 15) is 0 Å². The van der Waals surface area contributed by atoms with Crippen molar-refractivity contribution in [3.63, 3.8) is 0 Å². The number of amidine groups is 1. The van der Waals surface area contributed by atoms with Crippen LogP contribution in [0.4, 0.5) is 0 Å². The number of aliphatic hydroxyl groups excluding tert-OH is 1. The van der Waals surface area contributed by atoms with Crippen LogP contribution in [-0.4, -0.2) is 23.7 Å². The highest BCUT2D eigenvalue weighted by molar-refractivity contribution is 5.81. The molecule has 88 valence electrons. The van der Waals surface area contributed by atoms with Gasteiger partial charge in [0.25, 0.3) is 0 Å². The van der Waals surface area contributed by atoms with E-state index in [1.54, 1.807) is 0 Å². The number of nitrogens with two attached hydrogens (primary N) is 1. The summed E-state index contributed by atoms with van der Waals surface area (Å²) in [7, 11) is 0. The molecule has 0 radical (unpaired) electrons. The fourth-order valence-corrected chi connectivity index (χ4v) is 1.39. The Hall–Kier alpha value is -1.55. The summed E-state index contributed by atoms with van der Waals surface area (Å²) in [6.45, 7) is 2.07. The molecular formula is C12H18N2O2. The van der Waals surface area contributed by atoms with Crippen LogP contribution >= 0.6 is 0 Å². The summed E-state index contributed by atoms with van der Waals surface area (Å²) in [4.78, 5) is 0. The van der Waals surface area contributed by atoms with Gasteiger partial charge in [0.15, 0.2) is 6.10 Å². The van der Waals surface area contributed by atoms with E-state index in [0.717, 1.165) is 5.56 Å². The first-order valence-corrected chi connectivity index (χ1v) is 5.37. The fraction of sp³-hybridized carbons (Fsp3) is 0.417. The van der Waals surface area contributed by atoms with Gasteiger partial charge in [-0.3, -0.25) is 5.41 Å². The van der Waals surface area contributed by atoms with Crippen molar-refractivity contribution in [1.29, 1.82) is 5.41 Å². The molecule has 0 aliphatic rings. The van der Waals surface area contributed by atoms with Gasteiger partial charge in [-0.05, 0) is 30.5 Å². The summed E-state index contributed by atoms with van der Waals surface area (Å²) in [5.41, 5.74) is 6.46. The molecule has 0 spiro atoms. The zero-order chi connectivity index (χ0) is 12.0. The quantitative estimate of drug-likeness (QED) is 0.501. The third-order valence-electron chi connectivity index (χ3n) is 2.32. The smallest absolute Gasteiger partial charge is 0.155 e. The molecule has 0 aliphatic heterocycles. The molecule has 0 amide bonds. The SMILES string of the molecule is CCC(Oc1ccc(CCO)cc1)C(=N)N. The summed E-state index contributed by atoms with van der Waals surface area (Å²) in [6.07, 6.45) is 0.960. The van der Waals surface area contributed by atoms with Crippen LogP contribution in [0.15, 0.2) is 24.3 Å². The predicted octanol–water partition coefficient (Wildman–Crippen LogP) is 1.31. The fourth-order valence-electron chi connectivity index (χ4n) is 1.39. The van der Waals surface area contributed by atoms with Crippen molar-refractivity contribution in [2.75, 3.05) is 6.61 Å². The van der Waals surface area contributed by atoms with E-state index in [4.69, 9.17) is 21.0 Å². The molecular weight excluding hydrogens is 204 g/mol. The van der Waals surface area contributed by atoms with Gasteiger partial charge in [0, 0.05) is 6.61 Å². The Morgan fingerprint density at radius 3 is 2.50 bits per heavy atom. The second-order valence-corrected chi connectivity index (χ2v) is 3.59. The number of hydrogen-bond acceptors (Lipinski definition) is 3. The number of aliphatic hydroxyl groups is 1. The normalized spacial score (nSPS) is 12.1. The highest BCUT2D eigenvalue weighted by Crippen LogP contribution is 2.15. The lowest BCUT2D eigenvalue weighted by molar-refractivity contribution is 0.260. The van der Waals surface area contributed by atoms with E-state index < -0.39 is 0 Å². The van der Waals surface area contributed by atoms with Crippen LogP contribution in [0.25, 0.3) is 0 Å². The van der Waals surface area contributed by atoms with Crippen LogP contribution in [0.1, 0.15) is 18.9 Å². The second kappa shape index (κ2) is 6.12. The molecule has 4 nitrogen and oxygen atoms in total. The average Bonchev–Trinajstić information content (AvgIpc) is 2.28. The summed E-state index contributed by atoms with van der Waals surface area (Å²) in [5.74, 6) is 0.741. The van der Waals surface area contributed by atoms with Gasteiger partial charge in [0.1, 0.15) is 11.6 Å². The maximum absolute atomic E-state index is 8.77. The van der Waals surface area contributed by atoms with Crippen LogP contribution in [-0.2, 0) is 6.42 Å². The first-order chi connectivity index (χ1) is 7.67. The molecule has 0 aliphatic carbocycles. The third-order valence-corrected chi connectivity index (χ3v) is 2.32. The lowest BCUT2D eigenvalue weighted by atomic mass is 10.1. The molecule has 4 heteroatoms. The molecule has 0 saturated carbocycles. The lowest BCUT2D eigenvalue weighted by Gasteiger charge is -2.16. The molecule has 0 heterocycles. The van der Waals surface area contributed by atoms with E-state index in [1.165, 1.54) is 0 Å². The van der Waals surface area contributed by atoms with E-state index in [2.05, 4.69) is 0 Å². The van der Waals surface area contributed by atoms with Crippen molar-refractivity contribution in [3.8, 4) is 5.75 Å². The number of rotatable bonds is 6. The van der Waals surface area contributed by atoms with Gasteiger partial charge >= 0.3 is 0 Å². The van der Waals surface area contributed by atoms with Crippen molar-refractivity contribution >= 4 is 5.84 Å². The van der Waals surface area contributed by atoms with E-state index >= 15 is 0 Å². The summed E-state index contributed by atoms with van der Waals surface area (Å²) in [5, 5.41) is 16.1. The van der Waals surface area contributed by atoms with Gasteiger partial charge in [0.05, 0.1) is 0 Å². The van der Waals surface area contributed by atoms with Crippen molar-refractivity contribution in [2.24, 2.45) is 5.73 Å². The van der Waals surface area contributed by atoms with Gasteiger partial charge in [-0.1, -0.05) is 19.1 Å². The highest BCUT2D eigenvalue weighted by Gasteiger charge is 2.10. The Labute approximate surface area is 95.6 Å². The van der Waals surface area contributed by atoms with E-state index in [0.29, 0.717) is 18.6 Å². The van der Waals surface area contributed by atoms with Crippen molar-refractivity contribution in [2.45, 2.75) is 25.9 Å². The van der Waals surface area contributed by atoms with Gasteiger partial charge in [-0.15, -0.1) is 0 Å². The Morgan fingerprint density at radius 2 is 2.06 bits per heavy atom. The predicted molar refractivity (Wildman–Crippen MR) is 63.9 cm³/mol. The van der Waals surface area contributed by atoms with Crippen molar-refractivity contribution < 1.29 is 9.84 Å². The number of hydrogen-bond donors (Lipinski definition) is 3. The van der Waals surface area contributed by atoms with E-state index in [1.807, 2.05) is 31.2 Å². The van der Waals surface area contributed by atoms with E-state index in [-0.39, 0.29) is 18.5 Å². The van der Waals surface area contributed by atoms with Crippen molar-refractivity contribution in [3.05, 3.63) is 29.8 Å². The minimum Gasteiger partial charge on any atom is -0.483 e. The number of benzene rings is 1. The third kappa shape index (κ3) is 3.55. The molecule has 0 saturated heterocycles. The Morgan fingerprint density at radius 1 is 1.44 bits per heavy atom. The van der Waals surface area contributed by atoms with Crippen LogP contribution in [0, 0.1) is 5.41 Å². The van der Waals surface area contributed by atoms with Gasteiger partial charge < -0.3 is 15.6 Å². The van der Waals surface area contributed by atoms with Crippen molar-refractivity contribution in [1.82, 2.24) is 0 Å². The summed E-state index contributed by atoms with van der Waals surface area (Å²) < 4.78 is 5.55. The van der Waals surface area contributed by atoms with Crippen LogP contribution in [0.5, 0.6) is 5.75 Å². The minimum absolute atomic E-state index is 0.0435. The van der Waals surface area contributed by atoms with Gasteiger partial charge in [0.2, 0.25) is 0 Å². The first kappa shape index (κ1) is 12.5. The summed E-state index contributed by atoms with van der Waals surface area (Å²) in [6, 6.07) is 7.46. The van der Waals surface area contributed by atoms with Gasteiger partial charge in [-0.2, -0.15) is 0 Å². The molecule has 1 atom stereocenters. The molecule has 4 N–H and O–H groups in total. The molecule has 16 heavy (non-hydrogen) atoms. The zero-order valence-electron chi connectivity index (χ0n) is 9.44. The Bertz CT molecular complexity index is 335. The Balaban J connectivity index is 2.63. The topological polar surface area (TPSA) is 79.3 Å². The molecule has 0 fully saturated rings. The molecule has 1 rings (SSSR count). The Kier molecular flexibility index (Phi) is 4.79.